The standard InChI is InChI=1S/C13H19NO10P2/c15-10-7-5-3-1-2-4-6-8-14-9-11-12(21-25(16,19-11)20-11)13(18-10)23-26(17,22-12)24-13/h14H,1-9H2. The lowest BCUT2D eigenvalue weighted by atomic mass is 10.0. The Morgan fingerprint density at radius 2 is 1.42 bits per heavy atom. The van der Waals surface area contributed by atoms with Gasteiger partial charge in [0, 0.05) is 6.42 Å². The molecule has 3 spiro atoms. The van der Waals surface area contributed by atoms with Crippen molar-refractivity contribution in [1.82, 2.24) is 5.32 Å². The van der Waals surface area contributed by atoms with Gasteiger partial charge in [0.25, 0.3) is 5.79 Å². The summed E-state index contributed by atoms with van der Waals surface area (Å²) in [6.45, 7) is 0.657. The summed E-state index contributed by atoms with van der Waals surface area (Å²) in [5.74, 6) is -6.80. The smallest absolute Gasteiger partial charge is 0.403 e. The van der Waals surface area contributed by atoms with Crippen molar-refractivity contribution in [3.63, 3.8) is 0 Å². The molecular weight excluding hydrogens is 392 g/mol. The third-order valence-corrected chi connectivity index (χ3v) is 7.88. The second-order valence-electron chi connectivity index (χ2n) is 6.89. The van der Waals surface area contributed by atoms with Crippen LogP contribution < -0.4 is 5.32 Å². The minimum absolute atomic E-state index is 0.00299. The molecule has 0 aromatic carbocycles. The van der Waals surface area contributed by atoms with Gasteiger partial charge in [0.2, 0.25) is 0 Å². The summed E-state index contributed by atoms with van der Waals surface area (Å²) < 4.78 is 61.5. The van der Waals surface area contributed by atoms with Crippen LogP contribution >= 0.6 is 15.6 Å². The Kier molecular flexibility index (Phi) is 3.81. The fraction of sp³-hybridized carbons (Fsp3) is 0.923. The topological polar surface area (TPSA) is 128 Å². The third-order valence-electron chi connectivity index (χ3n) is 4.96. The van der Waals surface area contributed by atoms with Crippen molar-refractivity contribution in [3.05, 3.63) is 0 Å². The van der Waals surface area contributed by atoms with E-state index >= 15 is 0 Å². The van der Waals surface area contributed by atoms with Crippen LogP contribution in [0.5, 0.6) is 0 Å². The molecule has 146 valence electrons. The lowest BCUT2D eigenvalue weighted by Gasteiger charge is -2.42. The maximum absolute atomic E-state index is 12.3. The SMILES string of the molecule is O=C1CCCCCCCCNCC23OP(=O)(O2)OC32OP3(=O)OC2(O1)O3. The Morgan fingerprint density at radius 3 is 2.15 bits per heavy atom. The Balaban J connectivity index is 1.46. The second-order valence-corrected chi connectivity index (χ2v) is 9.77. The van der Waals surface area contributed by atoms with E-state index in [1.165, 1.54) is 0 Å². The van der Waals surface area contributed by atoms with Crippen LogP contribution in [-0.2, 0) is 45.8 Å². The molecular formula is C13H19NO10P2. The van der Waals surface area contributed by atoms with Crippen molar-refractivity contribution in [2.24, 2.45) is 0 Å². The molecule has 1 N–H and O–H groups in total. The van der Waals surface area contributed by atoms with Gasteiger partial charge in [-0.15, -0.1) is 0 Å². The van der Waals surface area contributed by atoms with E-state index in [0.717, 1.165) is 32.1 Å². The largest absolute Gasteiger partial charge is 0.488 e. The van der Waals surface area contributed by atoms with Gasteiger partial charge in [-0.3, -0.25) is 4.79 Å². The van der Waals surface area contributed by atoms with Gasteiger partial charge in [-0.05, 0) is 19.4 Å². The summed E-state index contributed by atoms with van der Waals surface area (Å²) in [7, 11) is -7.90. The van der Waals surface area contributed by atoms with Crippen molar-refractivity contribution in [3.8, 4) is 0 Å². The summed E-state index contributed by atoms with van der Waals surface area (Å²) in [6.07, 6.45) is 5.70. The van der Waals surface area contributed by atoms with Gasteiger partial charge in [-0.25, -0.2) is 36.3 Å². The molecule has 4 bridgehead atoms. The minimum Gasteiger partial charge on any atom is -0.403 e. The van der Waals surface area contributed by atoms with E-state index < -0.39 is 39.2 Å². The van der Waals surface area contributed by atoms with Crippen molar-refractivity contribution in [2.75, 3.05) is 13.1 Å². The molecule has 13 heteroatoms. The first-order valence-electron chi connectivity index (χ1n) is 8.71. The molecule has 7 aliphatic rings. The summed E-state index contributed by atoms with van der Waals surface area (Å²) in [5.41, 5.74) is 0. The number of carbonyl (C=O) groups excluding carboxylic acids is 1. The monoisotopic (exact) mass is 411 g/mol. The molecule has 7 heterocycles. The van der Waals surface area contributed by atoms with Crippen LogP contribution in [-0.4, -0.2) is 36.6 Å². The highest BCUT2D eigenvalue weighted by molar-refractivity contribution is 7.51. The van der Waals surface area contributed by atoms with Crippen LogP contribution in [0.3, 0.4) is 0 Å². The van der Waals surface area contributed by atoms with Gasteiger partial charge in [0.15, 0.2) is 0 Å². The lowest BCUT2D eigenvalue weighted by Crippen LogP contribution is -2.69. The molecule has 0 saturated carbocycles. The molecule has 7 saturated heterocycles. The van der Waals surface area contributed by atoms with Gasteiger partial charge < -0.3 is 10.1 Å². The van der Waals surface area contributed by atoms with Crippen LogP contribution in [0.15, 0.2) is 0 Å². The first-order valence-corrected chi connectivity index (χ1v) is 11.6. The fourth-order valence-electron chi connectivity index (χ4n) is 3.77. The number of nitrogens with one attached hydrogen (secondary N) is 1. The predicted octanol–water partition coefficient (Wildman–Crippen LogP) is 2.28. The van der Waals surface area contributed by atoms with Crippen molar-refractivity contribution in [1.29, 1.82) is 0 Å². The number of rotatable bonds is 0. The molecule has 7 fully saturated rings. The molecule has 11 nitrogen and oxygen atoms in total. The minimum atomic E-state index is -3.99. The van der Waals surface area contributed by atoms with E-state index in [4.69, 9.17) is 31.9 Å². The first kappa shape index (κ1) is 17.7. The van der Waals surface area contributed by atoms with Crippen LogP contribution in [0, 0.1) is 0 Å². The van der Waals surface area contributed by atoms with E-state index in [2.05, 4.69) is 5.32 Å². The van der Waals surface area contributed by atoms with Gasteiger partial charge in [-0.1, -0.05) is 25.7 Å². The average molecular weight is 411 g/mol. The molecule has 7 rings (SSSR count). The lowest BCUT2D eigenvalue weighted by molar-refractivity contribution is -0.417. The average Bonchev–Trinajstić information content (AvgIpc) is 3.07. The molecule has 0 aromatic heterocycles. The van der Waals surface area contributed by atoms with Gasteiger partial charge >= 0.3 is 33.4 Å². The van der Waals surface area contributed by atoms with Crippen molar-refractivity contribution >= 4 is 21.6 Å². The molecule has 26 heavy (non-hydrogen) atoms. The summed E-state index contributed by atoms with van der Waals surface area (Å²) in [5, 5.41) is 3.12. The fourth-order valence-corrected chi connectivity index (χ4v) is 7.20. The maximum atomic E-state index is 12.3. The van der Waals surface area contributed by atoms with E-state index in [-0.39, 0.29) is 13.0 Å². The Morgan fingerprint density at radius 1 is 0.808 bits per heavy atom. The van der Waals surface area contributed by atoms with Gasteiger partial charge in [-0.2, -0.15) is 0 Å². The van der Waals surface area contributed by atoms with Crippen LogP contribution in [0.1, 0.15) is 44.9 Å². The number of esters is 1. The van der Waals surface area contributed by atoms with Gasteiger partial charge in [0.05, 0.1) is 6.54 Å². The summed E-state index contributed by atoms with van der Waals surface area (Å²) in [6, 6.07) is 0. The highest BCUT2D eigenvalue weighted by atomic mass is 31.2. The highest BCUT2D eigenvalue weighted by Crippen LogP contribution is 2.90. The quantitative estimate of drug-likeness (QED) is 0.466. The van der Waals surface area contributed by atoms with E-state index in [9.17, 15) is 13.9 Å². The Hall–Kier alpha value is -0.350. The van der Waals surface area contributed by atoms with Crippen LogP contribution in [0.2, 0.25) is 0 Å². The number of phosphoric ester groups is 2. The molecule has 1 unspecified atom stereocenters. The number of hydrogen-bond donors (Lipinski definition) is 1. The van der Waals surface area contributed by atoms with Gasteiger partial charge in [0.1, 0.15) is 0 Å². The van der Waals surface area contributed by atoms with Crippen molar-refractivity contribution in [2.45, 2.75) is 62.5 Å². The van der Waals surface area contributed by atoms with Crippen LogP contribution in [0.4, 0.5) is 0 Å². The highest BCUT2D eigenvalue weighted by Gasteiger charge is 2.99. The summed E-state index contributed by atoms with van der Waals surface area (Å²) in [4.78, 5) is 12.2. The number of hydrogen-bond acceptors (Lipinski definition) is 11. The molecule has 7 aliphatic heterocycles. The number of ether oxygens (including phenoxy) is 1. The maximum Gasteiger partial charge on any atom is 0.488 e. The molecule has 0 aliphatic carbocycles. The van der Waals surface area contributed by atoms with E-state index in [0.29, 0.717) is 13.0 Å². The second kappa shape index (κ2) is 5.59. The van der Waals surface area contributed by atoms with E-state index in [1.807, 2.05) is 0 Å². The zero-order valence-corrected chi connectivity index (χ0v) is 15.6. The molecule has 0 radical (unpaired) electrons. The van der Waals surface area contributed by atoms with Crippen LogP contribution in [0.25, 0.3) is 0 Å². The first-order chi connectivity index (χ1) is 12.3. The number of phosphoric acid groups is 2. The zero-order chi connectivity index (χ0) is 18.1. The Bertz CT molecular complexity index is 718. The zero-order valence-electron chi connectivity index (χ0n) is 13.8. The molecule has 1 atom stereocenters. The molecule has 0 amide bonds. The van der Waals surface area contributed by atoms with Crippen molar-refractivity contribution < 1.29 is 45.8 Å². The number of carbonyl (C=O) groups is 1. The normalized spacial score (nSPS) is 53.9. The van der Waals surface area contributed by atoms with E-state index in [1.54, 1.807) is 0 Å². The Labute approximate surface area is 149 Å². The summed E-state index contributed by atoms with van der Waals surface area (Å²) >= 11 is 0. The molecule has 0 aromatic rings. The predicted molar refractivity (Wildman–Crippen MR) is 81.2 cm³/mol. The third kappa shape index (κ3) is 2.30.